The Bertz CT molecular complexity index is 536. The number of hydrogen-bond acceptors (Lipinski definition) is 2. The molecule has 0 aliphatic rings. The van der Waals surface area contributed by atoms with Gasteiger partial charge in [0.15, 0.2) is 5.79 Å². The van der Waals surface area contributed by atoms with Gasteiger partial charge in [0.05, 0.1) is 5.56 Å². The molecule has 1 aromatic carbocycles. The van der Waals surface area contributed by atoms with Crippen molar-refractivity contribution in [3.63, 3.8) is 0 Å². The molecule has 0 spiro atoms. The third kappa shape index (κ3) is 9.52. The molecule has 0 radical (unpaired) electrons. The second kappa shape index (κ2) is 13.3. The SMILES string of the molecule is CCCCCCCCC(CCCCc1ccc(C(F)(F)F)cc1)C(C)(OC)OC. The quantitative estimate of drug-likeness (QED) is 0.214. The molecule has 0 bridgehead atoms. The molecule has 0 amide bonds. The number of rotatable bonds is 15. The van der Waals surface area contributed by atoms with Gasteiger partial charge in [0.25, 0.3) is 0 Å². The highest BCUT2D eigenvalue weighted by atomic mass is 19.4. The average Bonchev–Trinajstić information content (AvgIpc) is 2.71. The molecule has 1 atom stereocenters. The number of unbranched alkanes of at least 4 members (excludes halogenated alkanes) is 6. The van der Waals surface area contributed by atoms with Gasteiger partial charge in [-0.05, 0) is 50.3 Å². The number of alkyl halides is 3. The number of hydrogen-bond donors (Lipinski definition) is 0. The minimum atomic E-state index is -4.27. The van der Waals surface area contributed by atoms with Crippen molar-refractivity contribution in [1.29, 1.82) is 0 Å². The van der Waals surface area contributed by atoms with E-state index in [-0.39, 0.29) is 0 Å². The smallest absolute Gasteiger partial charge is 0.353 e. The summed E-state index contributed by atoms with van der Waals surface area (Å²) in [5.41, 5.74) is 0.364. The van der Waals surface area contributed by atoms with Crippen LogP contribution in [-0.2, 0) is 22.1 Å². The minimum Gasteiger partial charge on any atom is -0.353 e. The van der Waals surface area contributed by atoms with Crippen LogP contribution in [0.1, 0.15) is 89.2 Å². The minimum absolute atomic E-state index is 0.316. The highest BCUT2D eigenvalue weighted by Crippen LogP contribution is 2.32. The van der Waals surface area contributed by atoms with E-state index in [9.17, 15) is 13.2 Å². The van der Waals surface area contributed by atoms with Gasteiger partial charge in [0, 0.05) is 20.1 Å². The Labute approximate surface area is 175 Å². The van der Waals surface area contributed by atoms with Gasteiger partial charge >= 0.3 is 6.18 Å². The lowest BCUT2D eigenvalue weighted by molar-refractivity contribution is -0.230. The van der Waals surface area contributed by atoms with Crippen LogP contribution in [0.3, 0.4) is 0 Å². The molecule has 0 aliphatic heterocycles. The van der Waals surface area contributed by atoms with E-state index >= 15 is 0 Å². The highest BCUT2D eigenvalue weighted by molar-refractivity contribution is 5.24. The van der Waals surface area contributed by atoms with Crippen LogP contribution in [-0.4, -0.2) is 20.0 Å². The van der Waals surface area contributed by atoms with Crippen LogP contribution in [0.25, 0.3) is 0 Å². The molecule has 0 saturated carbocycles. The van der Waals surface area contributed by atoms with E-state index < -0.39 is 17.5 Å². The summed E-state index contributed by atoms with van der Waals surface area (Å²) in [5.74, 6) is -0.270. The van der Waals surface area contributed by atoms with Crippen molar-refractivity contribution < 1.29 is 22.6 Å². The van der Waals surface area contributed by atoms with E-state index in [2.05, 4.69) is 6.92 Å². The van der Waals surface area contributed by atoms with E-state index in [1.54, 1.807) is 26.4 Å². The zero-order valence-corrected chi connectivity index (χ0v) is 18.6. The normalized spacial score (nSPS) is 13.6. The summed E-state index contributed by atoms with van der Waals surface area (Å²) in [4.78, 5) is 0. The van der Waals surface area contributed by atoms with Gasteiger partial charge in [0.2, 0.25) is 0 Å². The monoisotopic (exact) mass is 416 g/mol. The van der Waals surface area contributed by atoms with Crippen LogP contribution in [0.15, 0.2) is 24.3 Å². The average molecular weight is 417 g/mol. The predicted molar refractivity (Wildman–Crippen MR) is 113 cm³/mol. The Morgan fingerprint density at radius 1 is 0.793 bits per heavy atom. The van der Waals surface area contributed by atoms with E-state index in [1.165, 1.54) is 50.7 Å². The van der Waals surface area contributed by atoms with Crippen molar-refractivity contribution in [2.75, 3.05) is 14.2 Å². The molecular formula is C24H39F3O2. The zero-order valence-electron chi connectivity index (χ0n) is 18.6. The van der Waals surface area contributed by atoms with E-state index in [1.807, 2.05) is 6.92 Å². The fourth-order valence-corrected chi connectivity index (χ4v) is 3.84. The maximum absolute atomic E-state index is 12.7. The summed E-state index contributed by atoms with van der Waals surface area (Å²) in [6.45, 7) is 4.23. The largest absolute Gasteiger partial charge is 0.416 e. The van der Waals surface area contributed by atoms with Crippen LogP contribution in [0, 0.1) is 5.92 Å². The molecule has 0 fully saturated rings. The zero-order chi connectivity index (χ0) is 21.8. The first-order valence-electron chi connectivity index (χ1n) is 11.0. The Balaban J connectivity index is 2.46. The topological polar surface area (TPSA) is 18.5 Å². The molecule has 0 aliphatic carbocycles. The summed E-state index contributed by atoms with van der Waals surface area (Å²) in [5, 5.41) is 0. The molecule has 0 N–H and O–H groups in total. The molecule has 2 nitrogen and oxygen atoms in total. The summed E-state index contributed by atoms with van der Waals surface area (Å²) in [6, 6.07) is 5.52. The first-order valence-corrected chi connectivity index (χ1v) is 11.0. The van der Waals surface area contributed by atoms with Crippen molar-refractivity contribution in [3.8, 4) is 0 Å². The van der Waals surface area contributed by atoms with Gasteiger partial charge in [-0.15, -0.1) is 0 Å². The Morgan fingerprint density at radius 2 is 1.31 bits per heavy atom. The summed E-state index contributed by atoms with van der Waals surface area (Å²) >= 11 is 0. The molecule has 1 aromatic rings. The second-order valence-electron chi connectivity index (χ2n) is 8.12. The molecule has 1 unspecified atom stereocenters. The second-order valence-corrected chi connectivity index (χ2v) is 8.12. The molecule has 0 saturated heterocycles. The predicted octanol–water partition coefficient (Wildman–Crippen LogP) is 7.79. The number of aryl methyl sites for hydroxylation is 1. The fourth-order valence-electron chi connectivity index (χ4n) is 3.84. The molecule has 168 valence electrons. The van der Waals surface area contributed by atoms with Gasteiger partial charge in [-0.3, -0.25) is 0 Å². The molecule has 5 heteroatoms. The molecule has 1 rings (SSSR count). The van der Waals surface area contributed by atoms with Crippen LogP contribution < -0.4 is 0 Å². The van der Waals surface area contributed by atoms with Gasteiger partial charge in [-0.1, -0.05) is 64.0 Å². The summed E-state index contributed by atoms with van der Waals surface area (Å²) in [6.07, 6.45) is 8.11. The number of halogens is 3. The Morgan fingerprint density at radius 3 is 1.83 bits per heavy atom. The fraction of sp³-hybridized carbons (Fsp3) is 0.750. The van der Waals surface area contributed by atoms with Crippen molar-refractivity contribution >= 4 is 0 Å². The Hall–Kier alpha value is -1.07. The van der Waals surface area contributed by atoms with Gasteiger partial charge in [-0.2, -0.15) is 13.2 Å². The highest BCUT2D eigenvalue weighted by Gasteiger charge is 2.33. The van der Waals surface area contributed by atoms with Gasteiger partial charge in [-0.25, -0.2) is 0 Å². The number of ether oxygens (including phenoxy) is 2. The standard InChI is InChI=1S/C24H39F3O2/c1-5-6-7-8-9-10-14-21(23(2,28-3)29-4)15-12-11-13-20-16-18-22(19-17-20)24(25,26)27/h16-19,21H,5-15H2,1-4H3. The van der Waals surface area contributed by atoms with E-state index in [0.717, 1.165) is 37.7 Å². The molecule has 0 heterocycles. The van der Waals surface area contributed by atoms with E-state index in [0.29, 0.717) is 5.92 Å². The summed E-state index contributed by atoms with van der Waals surface area (Å²) in [7, 11) is 3.39. The van der Waals surface area contributed by atoms with Crippen LogP contribution >= 0.6 is 0 Å². The van der Waals surface area contributed by atoms with Gasteiger partial charge in [0.1, 0.15) is 0 Å². The third-order valence-corrected chi connectivity index (χ3v) is 6.01. The first-order chi connectivity index (χ1) is 13.8. The number of benzene rings is 1. The van der Waals surface area contributed by atoms with Crippen molar-refractivity contribution in [2.24, 2.45) is 5.92 Å². The molecule has 29 heavy (non-hydrogen) atoms. The molecule has 0 aromatic heterocycles. The van der Waals surface area contributed by atoms with Crippen LogP contribution in [0.5, 0.6) is 0 Å². The number of methoxy groups -OCH3 is 2. The lowest BCUT2D eigenvalue weighted by Gasteiger charge is -2.35. The van der Waals surface area contributed by atoms with Crippen molar-refractivity contribution in [2.45, 2.75) is 96.4 Å². The van der Waals surface area contributed by atoms with Gasteiger partial charge < -0.3 is 9.47 Å². The third-order valence-electron chi connectivity index (χ3n) is 6.01. The van der Waals surface area contributed by atoms with Crippen molar-refractivity contribution in [3.05, 3.63) is 35.4 Å². The lowest BCUT2D eigenvalue weighted by Crippen LogP contribution is -2.39. The van der Waals surface area contributed by atoms with Crippen LogP contribution in [0.4, 0.5) is 13.2 Å². The Kier molecular flexibility index (Phi) is 11.9. The maximum Gasteiger partial charge on any atom is 0.416 e. The van der Waals surface area contributed by atoms with Crippen LogP contribution in [0.2, 0.25) is 0 Å². The van der Waals surface area contributed by atoms with E-state index in [4.69, 9.17) is 9.47 Å². The molecular weight excluding hydrogens is 377 g/mol. The lowest BCUT2D eigenvalue weighted by atomic mass is 9.87. The first kappa shape index (κ1) is 26.0. The van der Waals surface area contributed by atoms with Crippen molar-refractivity contribution in [1.82, 2.24) is 0 Å². The summed E-state index contributed by atoms with van der Waals surface area (Å²) < 4.78 is 49.3. The maximum atomic E-state index is 12.7.